The second-order valence-electron chi connectivity index (χ2n) is 5.51. The lowest BCUT2D eigenvalue weighted by atomic mass is 9.94. The molecule has 0 radical (unpaired) electrons. The molecule has 2 heteroatoms. The topological polar surface area (TPSA) is 12.0 Å². The summed E-state index contributed by atoms with van der Waals surface area (Å²) < 4.78 is 13.4. The van der Waals surface area contributed by atoms with E-state index < -0.39 is 0 Å². The lowest BCUT2D eigenvalue weighted by Gasteiger charge is -2.13. The number of rotatable bonds is 4. The minimum absolute atomic E-state index is 0.164. The fourth-order valence-corrected chi connectivity index (χ4v) is 2.63. The van der Waals surface area contributed by atoms with E-state index in [2.05, 4.69) is 36.5 Å². The number of hydrogen-bond acceptors (Lipinski definition) is 1. The van der Waals surface area contributed by atoms with E-state index in [0.29, 0.717) is 6.04 Å². The molecule has 1 unspecified atom stereocenters. The standard InChI is InChI=1S/C18H22FN/c1-12-9-17(19)10-13(2)18(12)16-7-5-15(6-8-16)11-14(3)20-4/h5-10,14,20H,11H2,1-4H3. The molecular formula is C18H22FN. The maximum absolute atomic E-state index is 13.4. The molecule has 0 aliphatic carbocycles. The lowest BCUT2D eigenvalue weighted by Crippen LogP contribution is -2.23. The van der Waals surface area contributed by atoms with Gasteiger partial charge in [-0.3, -0.25) is 0 Å². The summed E-state index contributed by atoms with van der Waals surface area (Å²) in [6, 6.07) is 12.2. The van der Waals surface area contributed by atoms with Crippen molar-refractivity contribution < 1.29 is 4.39 Å². The van der Waals surface area contributed by atoms with E-state index in [1.165, 1.54) is 5.56 Å². The van der Waals surface area contributed by atoms with E-state index in [1.807, 2.05) is 20.9 Å². The Morgan fingerprint density at radius 1 is 1.05 bits per heavy atom. The monoisotopic (exact) mass is 271 g/mol. The van der Waals surface area contributed by atoms with Gasteiger partial charge in [0.1, 0.15) is 5.82 Å². The molecule has 1 N–H and O–H groups in total. The van der Waals surface area contributed by atoms with E-state index in [4.69, 9.17) is 0 Å². The van der Waals surface area contributed by atoms with Crippen LogP contribution in [0.1, 0.15) is 23.6 Å². The molecule has 1 nitrogen and oxygen atoms in total. The summed E-state index contributed by atoms with van der Waals surface area (Å²) in [6.07, 6.45) is 1.01. The van der Waals surface area contributed by atoms with Crippen molar-refractivity contribution in [2.24, 2.45) is 0 Å². The molecule has 106 valence electrons. The van der Waals surface area contributed by atoms with Crippen LogP contribution in [0.15, 0.2) is 36.4 Å². The van der Waals surface area contributed by atoms with E-state index in [0.717, 1.165) is 28.7 Å². The first-order valence-electron chi connectivity index (χ1n) is 7.04. The summed E-state index contributed by atoms with van der Waals surface area (Å²) in [7, 11) is 1.98. The van der Waals surface area contributed by atoms with Crippen molar-refractivity contribution >= 4 is 0 Å². The highest BCUT2D eigenvalue weighted by Gasteiger charge is 2.08. The normalized spacial score (nSPS) is 12.4. The van der Waals surface area contributed by atoms with Crippen molar-refractivity contribution in [1.82, 2.24) is 5.32 Å². The highest BCUT2D eigenvalue weighted by molar-refractivity contribution is 5.70. The van der Waals surface area contributed by atoms with Crippen LogP contribution in [0.2, 0.25) is 0 Å². The second kappa shape index (κ2) is 6.19. The Morgan fingerprint density at radius 2 is 1.60 bits per heavy atom. The van der Waals surface area contributed by atoms with E-state index in [9.17, 15) is 4.39 Å². The Balaban J connectivity index is 2.31. The number of nitrogens with one attached hydrogen (secondary N) is 1. The van der Waals surface area contributed by atoms with Gasteiger partial charge in [0, 0.05) is 6.04 Å². The summed E-state index contributed by atoms with van der Waals surface area (Å²) in [5, 5.41) is 3.24. The van der Waals surface area contributed by atoms with Crippen LogP contribution < -0.4 is 5.32 Å². The summed E-state index contributed by atoms with van der Waals surface area (Å²) in [5.41, 5.74) is 5.58. The first kappa shape index (κ1) is 14.7. The van der Waals surface area contributed by atoms with E-state index in [1.54, 1.807) is 12.1 Å². The Bertz CT molecular complexity index is 564. The quantitative estimate of drug-likeness (QED) is 0.876. The highest BCUT2D eigenvalue weighted by Crippen LogP contribution is 2.28. The largest absolute Gasteiger partial charge is 0.317 e. The molecule has 1 atom stereocenters. The van der Waals surface area contributed by atoms with Crippen LogP contribution in [-0.2, 0) is 6.42 Å². The molecule has 2 aromatic rings. The van der Waals surface area contributed by atoms with Gasteiger partial charge in [-0.05, 0) is 74.2 Å². The van der Waals surface area contributed by atoms with Crippen LogP contribution in [0, 0.1) is 19.7 Å². The zero-order chi connectivity index (χ0) is 14.7. The number of halogens is 1. The Morgan fingerprint density at radius 3 is 2.10 bits per heavy atom. The van der Waals surface area contributed by atoms with Gasteiger partial charge in [0.2, 0.25) is 0 Å². The third-order valence-corrected chi connectivity index (χ3v) is 3.77. The number of benzene rings is 2. The van der Waals surface area contributed by atoms with Crippen molar-refractivity contribution in [3.63, 3.8) is 0 Å². The smallest absolute Gasteiger partial charge is 0.123 e. The summed E-state index contributed by atoms with van der Waals surface area (Å²) >= 11 is 0. The number of aryl methyl sites for hydroxylation is 2. The molecule has 0 aliphatic rings. The van der Waals surface area contributed by atoms with Gasteiger partial charge < -0.3 is 5.32 Å². The van der Waals surface area contributed by atoms with Crippen LogP contribution >= 0.6 is 0 Å². The third kappa shape index (κ3) is 3.26. The van der Waals surface area contributed by atoms with Crippen LogP contribution in [0.25, 0.3) is 11.1 Å². The van der Waals surface area contributed by atoms with Crippen LogP contribution in [0.4, 0.5) is 4.39 Å². The maximum Gasteiger partial charge on any atom is 0.123 e. The SMILES string of the molecule is CNC(C)Cc1ccc(-c2c(C)cc(F)cc2C)cc1. The maximum atomic E-state index is 13.4. The Kier molecular flexibility index (Phi) is 4.56. The molecule has 0 aliphatic heterocycles. The minimum Gasteiger partial charge on any atom is -0.317 e. The van der Waals surface area contributed by atoms with Gasteiger partial charge in [-0.15, -0.1) is 0 Å². The first-order chi connectivity index (χ1) is 9.51. The van der Waals surface area contributed by atoms with Gasteiger partial charge in [-0.2, -0.15) is 0 Å². The molecule has 0 saturated heterocycles. The summed E-state index contributed by atoms with van der Waals surface area (Å²) in [4.78, 5) is 0. The second-order valence-corrected chi connectivity index (χ2v) is 5.51. The summed E-state index contributed by atoms with van der Waals surface area (Å²) in [6.45, 7) is 6.09. The van der Waals surface area contributed by atoms with Crippen molar-refractivity contribution in [3.05, 3.63) is 58.9 Å². The predicted molar refractivity (Wildman–Crippen MR) is 83.5 cm³/mol. The average molecular weight is 271 g/mol. The molecule has 0 fully saturated rings. The summed E-state index contributed by atoms with van der Waals surface area (Å²) in [5.74, 6) is -0.164. The van der Waals surface area contributed by atoms with Gasteiger partial charge in [0.15, 0.2) is 0 Å². The zero-order valence-electron chi connectivity index (χ0n) is 12.6. The zero-order valence-corrected chi connectivity index (χ0v) is 12.6. The molecule has 2 aromatic carbocycles. The Labute approximate surface area is 120 Å². The fourth-order valence-electron chi connectivity index (χ4n) is 2.63. The highest BCUT2D eigenvalue weighted by atomic mass is 19.1. The van der Waals surface area contributed by atoms with Crippen molar-refractivity contribution in [1.29, 1.82) is 0 Å². The van der Waals surface area contributed by atoms with Crippen molar-refractivity contribution in [2.75, 3.05) is 7.05 Å². The van der Waals surface area contributed by atoms with Crippen LogP contribution in [-0.4, -0.2) is 13.1 Å². The number of hydrogen-bond donors (Lipinski definition) is 1. The van der Waals surface area contributed by atoms with E-state index >= 15 is 0 Å². The molecule has 0 heterocycles. The van der Waals surface area contributed by atoms with Crippen molar-refractivity contribution in [3.8, 4) is 11.1 Å². The molecule has 0 aromatic heterocycles. The third-order valence-electron chi connectivity index (χ3n) is 3.77. The molecule has 0 saturated carbocycles. The lowest BCUT2D eigenvalue weighted by molar-refractivity contribution is 0.608. The van der Waals surface area contributed by atoms with Gasteiger partial charge in [-0.1, -0.05) is 24.3 Å². The number of likely N-dealkylation sites (N-methyl/N-ethyl adjacent to an activating group) is 1. The predicted octanol–water partition coefficient (Wildman–Crippen LogP) is 4.26. The minimum atomic E-state index is -0.164. The molecule has 0 amide bonds. The molecule has 20 heavy (non-hydrogen) atoms. The molecule has 2 rings (SSSR count). The molecule has 0 bridgehead atoms. The van der Waals surface area contributed by atoms with Crippen molar-refractivity contribution in [2.45, 2.75) is 33.2 Å². The molecular weight excluding hydrogens is 249 g/mol. The van der Waals surface area contributed by atoms with Gasteiger partial charge in [-0.25, -0.2) is 4.39 Å². The van der Waals surface area contributed by atoms with Gasteiger partial charge in [0.05, 0.1) is 0 Å². The molecule has 0 spiro atoms. The fraction of sp³-hybridized carbons (Fsp3) is 0.333. The van der Waals surface area contributed by atoms with E-state index in [-0.39, 0.29) is 5.82 Å². The van der Waals surface area contributed by atoms with Crippen LogP contribution in [0.3, 0.4) is 0 Å². The van der Waals surface area contributed by atoms with Gasteiger partial charge in [0.25, 0.3) is 0 Å². The first-order valence-corrected chi connectivity index (χ1v) is 7.04. The Hall–Kier alpha value is -1.67. The van der Waals surface area contributed by atoms with Crippen LogP contribution in [0.5, 0.6) is 0 Å². The average Bonchev–Trinajstić information content (AvgIpc) is 2.39. The van der Waals surface area contributed by atoms with Gasteiger partial charge >= 0.3 is 0 Å².